The van der Waals surface area contributed by atoms with Crippen LogP contribution in [0, 0.1) is 5.92 Å². The van der Waals surface area contributed by atoms with E-state index in [2.05, 4.69) is 15.4 Å². The molecule has 0 radical (unpaired) electrons. The van der Waals surface area contributed by atoms with Crippen molar-refractivity contribution in [2.45, 2.75) is 32.3 Å². The molecule has 12 heteroatoms. The smallest absolute Gasteiger partial charge is 0.543 e. The average Bonchev–Trinajstić information content (AvgIpc) is 3.47. The first-order valence-corrected chi connectivity index (χ1v) is 15.0. The Hall–Kier alpha value is -4.03. The van der Waals surface area contributed by atoms with Gasteiger partial charge in [-0.1, -0.05) is 12.1 Å². The second-order valence-electron chi connectivity index (χ2n) is 11.1. The van der Waals surface area contributed by atoms with Crippen LogP contribution in [0.5, 0.6) is 17.2 Å². The van der Waals surface area contributed by atoms with Gasteiger partial charge in [0.05, 0.1) is 42.2 Å². The monoisotopic (exact) mass is 632 g/mol. The van der Waals surface area contributed by atoms with E-state index in [1.165, 1.54) is 12.3 Å². The van der Waals surface area contributed by atoms with Gasteiger partial charge in [0.25, 0.3) is 0 Å². The Bertz CT molecular complexity index is 1750. The molecule has 0 bridgehead atoms. The van der Waals surface area contributed by atoms with Crippen LogP contribution < -0.4 is 54.2 Å². The number of carboxylic acids is 1. The summed E-state index contributed by atoms with van der Waals surface area (Å²) in [5.41, 5.74) is 2.03. The number of aromatic nitrogens is 3. The van der Waals surface area contributed by atoms with E-state index in [0.29, 0.717) is 73.1 Å². The maximum atomic E-state index is 14.6. The molecular weight excluding hydrogens is 599 g/mol. The maximum Gasteiger partial charge on any atom is 1.00 e. The molecule has 232 valence electrons. The molecule has 11 nitrogen and oxygen atoms in total. The van der Waals surface area contributed by atoms with Crippen molar-refractivity contribution >= 4 is 17.5 Å². The van der Waals surface area contributed by atoms with Crippen LogP contribution >= 0.6 is 0 Å². The summed E-state index contributed by atoms with van der Waals surface area (Å²) >= 11 is 0. The number of hydrogen-bond acceptors (Lipinski definition) is 10. The number of piperidine rings is 1. The van der Waals surface area contributed by atoms with Gasteiger partial charge in [0.1, 0.15) is 28.8 Å². The molecule has 1 N–H and O–H groups in total. The van der Waals surface area contributed by atoms with Gasteiger partial charge in [-0.2, -0.15) is 5.10 Å². The Balaban J connectivity index is 0.00000417. The van der Waals surface area contributed by atoms with E-state index in [0.717, 1.165) is 5.56 Å². The zero-order valence-electron chi connectivity index (χ0n) is 26.3. The molecule has 0 unspecified atom stereocenters. The van der Waals surface area contributed by atoms with Gasteiger partial charge < -0.3 is 29.4 Å². The largest absolute Gasteiger partial charge is 1.00 e. The number of Topliss-reactive ketones (excluding diaryl/α,β-unsaturated/α-hetero) is 2. The van der Waals surface area contributed by atoms with Gasteiger partial charge in [0, 0.05) is 49.0 Å². The number of nitrogens with one attached hydrogen (secondary N) is 1. The molecule has 2 aliphatic heterocycles. The summed E-state index contributed by atoms with van der Waals surface area (Å²) in [4.78, 5) is 44.2. The van der Waals surface area contributed by atoms with Gasteiger partial charge in [-0.25, -0.2) is 0 Å². The predicted molar refractivity (Wildman–Crippen MR) is 163 cm³/mol. The fraction of sp³-hybridized carbons (Fsp3) is 0.324. The summed E-state index contributed by atoms with van der Waals surface area (Å²) in [7, 11) is 1.82. The summed E-state index contributed by atoms with van der Waals surface area (Å²) in [6, 6.07) is 11.5. The Morgan fingerprint density at radius 3 is 2.24 bits per heavy atom. The fourth-order valence-corrected chi connectivity index (χ4v) is 6.22. The standard InChI is InChI=1S/C34H34N4O7.Na/c1-4-43-27-15-22(16-28(44-5-2)29(27)23-18-37-38(3)19-23)31(39)30-32(40)24-14-20(21-6-8-25(33(41)42)36-17-21)7-9-26(24)45-34(30)10-12-35-13-11-34;/h6-9,14-19,30,35H,4-5,10-13H2,1-3H3,(H,41,42);/q;+1/p-1/t30-;/m1./s1. The van der Waals surface area contributed by atoms with Gasteiger partial charge in [-0.15, -0.1) is 0 Å². The molecule has 1 saturated heterocycles. The second kappa shape index (κ2) is 13.8. The minimum atomic E-state index is -1.38. The van der Waals surface area contributed by atoms with Crippen molar-refractivity contribution in [1.29, 1.82) is 0 Å². The molecule has 2 aliphatic rings. The molecule has 1 atom stereocenters. The molecule has 4 aromatic rings. The van der Waals surface area contributed by atoms with E-state index >= 15 is 0 Å². The molecule has 0 saturated carbocycles. The SMILES string of the molecule is CCOc1cc(C(=O)[C@@H]2C(=O)c3cc(-c4ccc(C(=O)[O-])nc4)ccc3OC23CCNCC3)cc(OCC)c1-c1cnn(C)c1.[Na+]. The van der Waals surface area contributed by atoms with Crippen LogP contribution in [-0.4, -0.2) is 64.2 Å². The summed E-state index contributed by atoms with van der Waals surface area (Å²) in [5.74, 6) is -1.89. The van der Waals surface area contributed by atoms with Crippen molar-refractivity contribution in [1.82, 2.24) is 20.1 Å². The van der Waals surface area contributed by atoms with E-state index in [9.17, 15) is 19.5 Å². The molecule has 0 amide bonds. The number of rotatable bonds is 9. The third-order valence-electron chi connectivity index (χ3n) is 8.31. The fourth-order valence-electron chi connectivity index (χ4n) is 6.22. The zero-order chi connectivity index (χ0) is 31.7. The third kappa shape index (κ3) is 6.20. The Kier molecular flexibility index (Phi) is 9.97. The number of pyridine rings is 1. The number of aromatic carboxylic acids is 1. The first-order valence-electron chi connectivity index (χ1n) is 15.0. The Morgan fingerprint density at radius 1 is 1.00 bits per heavy atom. The number of hydrogen-bond donors (Lipinski definition) is 1. The summed E-state index contributed by atoms with van der Waals surface area (Å²) in [6.45, 7) is 5.62. The van der Waals surface area contributed by atoms with Crippen molar-refractivity contribution in [2.24, 2.45) is 13.0 Å². The second-order valence-corrected chi connectivity index (χ2v) is 11.1. The molecule has 46 heavy (non-hydrogen) atoms. The number of fused-ring (bicyclic) bond motifs is 1. The van der Waals surface area contributed by atoms with Crippen molar-refractivity contribution in [3.63, 3.8) is 0 Å². The third-order valence-corrected chi connectivity index (χ3v) is 8.31. The van der Waals surface area contributed by atoms with Gasteiger partial charge in [0.15, 0.2) is 11.6 Å². The topological polar surface area (TPSA) is 145 Å². The van der Waals surface area contributed by atoms with Crippen LogP contribution in [0.15, 0.2) is 61.1 Å². The number of benzene rings is 2. The van der Waals surface area contributed by atoms with Crippen molar-refractivity contribution < 1.29 is 63.3 Å². The molecule has 1 spiro atoms. The zero-order valence-corrected chi connectivity index (χ0v) is 28.3. The minimum absolute atomic E-state index is 0. The number of carboxylic acid groups (broad SMARTS) is 1. The molecule has 4 heterocycles. The van der Waals surface area contributed by atoms with Crippen molar-refractivity contribution in [3.05, 3.63) is 77.9 Å². The van der Waals surface area contributed by atoms with Crippen molar-refractivity contribution in [3.8, 4) is 39.5 Å². The molecule has 1 fully saturated rings. The van der Waals surface area contributed by atoms with Gasteiger partial charge >= 0.3 is 29.6 Å². The molecule has 2 aromatic carbocycles. The number of carbonyl (C=O) groups is 3. The maximum absolute atomic E-state index is 14.6. The summed E-state index contributed by atoms with van der Waals surface area (Å²) < 4.78 is 20.4. The van der Waals surface area contributed by atoms with Crippen LogP contribution in [-0.2, 0) is 7.05 Å². The van der Waals surface area contributed by atoms with Crippen molar-refractivity contribution in [2.75, 3.05) is 26.3 Å². The van der Waals surface area contributed by atoms with Crippen LogP contribution in [0.2, 0.25) is 0 Å². The average molecular weight is 633 g/mol. The van der Waals surface area contributed by atoms with Crippen LogP contribution in [0.4, 0.5) is 0 Å². The van der Waals surface area contributed by atoms with Crippen LogP contribution in [0.1, 0.15) is 57.9 Å². The van der Waals surface area contributed by atoms with E-state index < -0.39 is 17.5 Å². The van der Waals surface area contributed by atoms with E-state index in [4.69, 9.17) is 14.2 Å². The summed E-state index contributed by atoms with van der Waals surface area (Å²) in [5, 5.41) is 18.8. The molecule has 6 rings (SSSR count). The number of ketones is 2. The minimum Gasteiger partial charge on any atom is -0.543 e. The van der Waals surface area contributed by atoms with E-state index in [1.54, 1.807) is 47.3 Å². The number of carbonyl (C=O) groups excluding carboxylic acids is 3. The van der Waals surface area contributed by atoms with E-state index in [-0.39, 0.29) is 57.9 Å². The number of ether oxygens (including phenoxy) is 3. The van der Waals surface area contributed by atoms with E-state index in [1.807, 2.05) is 27.1 Å². The normalized spacial score (nSPS) is 16.6. The van der Waals surface area contributed by atoms with Gasteiger partial charge in [-0.05, 0) is 62.8 Å². The predicted octanol–water partition coefficient (Wildman–Crippen LogP) is 0.510. The van der Waals surface area contributed by atoms with Gasteiger partial charge in [-0.3, -0.25) is 19.3 Å². The molecule has 2 aromatic heterocycles. The quantitative estimate of drug-likeness (QED) is 0.157. The molecular formula is C34H33N4NaO7. The summed E-state index contributed by atoms with van der Waals surface area (Å²) in [6.07, 6.45) is 5.90. The number of aryl methyl sites for hydroxylation is 1. The molecule has 0 aliphatic carbocycles. The Labute approximate surface area is 288 Å². The number of nitrogens with zero attached hydrogens (tertiary/aromatic N) is 3. The first-order chi connectivity index (χ1) is 21.7. The van der Waals surface area contributed by atoms with Crippen LogP contribution in [0.3, 0.4) is 0 Å². The van der Waals surface area contributed by atoms with Crippen LogP contribution in [0.25, 0.3) is 22.3 Å². The first kappa shape index (κ1) is 33.3. The Morgan fingerprint density at radius 2 is 1.67 bits per heavy atom. The van der Waals surface area contributed by atoms with Gasteiger partial charge in [0.2, 0.25) is 0 Å².